The van der Waals surface area contributed by atoms with Gasteiger partial charge in [-0.15, -0.1) is 0 Å². The van der Waals surface area contributed by atoms with E-state index in [9.17, 15) is 35.9 Å². The van der Waals surface area contributed by atoms with Crippen molar-refractivity contribution >= 4 is 11.8 Å². The highest BCUT2D eigenvalue weighted by Crippen LogP contribution is 2.58. The normalized spacial score (nSPS) is 19.2. The number of amides is 2. The van der Waals surface area contributed by atoms with Gasteiger partial charge >= 0.3 is 12.4 Å². The van der Waals surface area contributed by atoms with Crippen LogP contribution in [-0.4, -0.2) is 35.2 Å². The molecule has 1 aliphatic heterocycles. The first-order valence-corrected chi connectivity index (χ1v) is 8.81. The Balaban J connectivity index is 2.08. The number of hydrogen-bond donors (Lipinski definition) is 1. The molecule has 0 saturated carbocycles. The largest absolute Gasteiger partial charge is 0.407 e. The summed E-state index contributed by atoms with van der Waals surface area (Å²) < 4.78 is 83.1. The van der Waals surface area contributed by atoms with Crippen LogP contribution in [0.3, 0.4) is 0 Å². The molecule has 1 N–H and O–H groups in total. The number of benzene rings is 2. The topological polar surface area (TPSA) is 49.4 Å². The Morgan fingerprint density at radius 3 is 1.93 bits per heavy atom. The lowest BCUT2D eigenvalue weighted by Crippen LogP contribution is -2.63. The van der Waals surface area contributed by atoms with E-state index >= 15 is 0 Å². The van der Waals surface area contributed by atoms with Gasteiger partial charge in [-0.2, -0.15) is 26.3 Å². The molecule has 160 valence electrons. The van der Waals surface area contributed by atoms with Gasteiger partial charge in [0.05, 0.1) is 6.42 Å². The van der Waals surface area contributed by atoms with E-state index in [0.29, 0.717) is 5.56 Å². The molecule has 2 aromatic rings. The maximum atomic E-state index is 13.9. The summed E-state index contributed by atoms with van der Waals surface area (Å²) in [4.78, 5) is 25.2. The molecule has 3 rings (SSSR count). The Hall–Kier alpha value is -2.88. The van der Waals surface area contributed by atoms with Crippen molar-refractivity contribution in [2.24, 2.45) is 5.41 Å². The van der Waals surface area contributed by atoms with Gasteiger partial charge in [0.25, 0.3) is 5.91 Å². The van der Waals surface area contributed by atoms with Crippen LogP contribution in [0.2, 0.25) is 0 Å². The second kappa shape index (κ2) is 7.75. The molecule has 10 heteroatoms. The average Bonchev–Trinajstić information content (AvgIpc) is 3.00. The number of halogens is 6. The fraction of sp³-hybridized carbons (Fsp3) is 0.300. The van der Waals surface area contributed by atoms with E-state index in [1.54, 1.807) is 18.2 Å². The minimum atomic E-state index is -5.83. The molecule has 0 bridgehead atoms. The third-order valence-electron chi connectivity index (χ3n) is 5.02. The van der Waals surface area contributed by atoms with Crippen molar-refractivity contribution in [3.05, 3.63) is 71.8 Å². The number of hydrogen-bond acceptors (Lipinski definition) is 3. The fourth-order valence-electron chi connectivity index (χ4n) is 3.48. The monoisotopic (exact) mass is 430 g/mol. The SMILES string of the molecule is O=C1CC(C(F)(F)F)(C(F)(F)F)C(NCc2ccccc2)N1C(=O)c1ccccc1. The smallest absolute Gasteiger partial charge is 0.292 e. The lowest BCUT2D eigenvalue weighted by Gasteiger charge is -2.39. The summed E-state index contributed by atoms with van der Waals surface area (Å²) in [5.41, 5.74) is -4.24. The fourth-order valence-corrected chi connectivity index (χ4v) is 3.48. The zero-order chi connectivity index (χ0) is 22.2. The molecule has 2 amide bonds. The van der Waals surface area contributed by atoms with Crippen molar-refractivity contribution in [3.63, 3.8) is 0 Å². The minimum absolute atomic E-state index is 0.0409. The first kappa shape index (κ1) is 21.8. The standard InChI is InChI=1S/C20H16F6N2O2/c21-19(22,23)18(20(24,25)26)11-15(29)28(16(30)14-9-5-2-6-10-14)17(18)27-12-13-7-3-1-4-8-13/h1-10,17,27H,11-12H2. The third-order valence-corrected chi connectivity index (χ3v) is 5.02. The van der Waals surface area contributed by atoms with Gasteiger partial charge in [-0.25, -0.2) is 0 Å². The summed E-state index contributed by atoms with van der Waals surface area (Å²) >= 11 is 0. The molecule has 0 aromatic heterocycles. The van der Waals surface area contributed by atoms with Crippen LogP contribution < -0.4 is 5.32 Å². The van der Waals surface area contributed by atoms with Gasteiger partial charge in [0.1, 0.15) is 6.17 Å². The number of nitrogens with zero attached hydrogens (tertiary/aromatic N) is 1. The summed E-state index contributed by atoms with van der Waals surface area (Å²) in [6.07, 6.45) is -16.2. The number of carbonyl (C=O) groups is 2. The molecular formula is C20H16F6N2O2. The summed E-state index contributed by atoms with van der Waals surface area (Å²) in [5.74, 6) is -2.79. The van der Waals surface area contributed by atoms with Gasteiger partial charge in [0, 0.05) is 12.1 Å². The van der Waals surface area contributed by atoms with E-state index in [1.807, 2.05) is 0 Å². The van der Waals surface area contributed by atoms with Crippen molar-refractivity contribution in [2.45, 2.75) is 31.5 Å². The van der Waals surface area contributed by atoms with Crippen LogP contribution in [0.4, 0.5) is 26.3 Å². The molecule has 1 aliphatic rings. The Morgan fingerprint density at radius 1 is 0.933 bits per heavy atom. The van der Waals surface area contributed by atoms with Gasteiger partial charge in [-0.1, -0.05) is 48.5 Å². The summed E-state index contributed by atoms with van der Waals surface area (Å²) in [7, 11) is 0. The van der Waals surface area contributed by atoms with Crippen LogP contribution in [0.15, 0.2) is 60.7 Å². The summed E-state index contributed by atoms with van der Waals surface area (Å²) in [6, 6.07) is 14.5. The van der Waals surface area contributed by atoms with Crippen molar-refractivity contribution in [1.29, 1.82) is 0 Å². The van der Waals surface area contributed by atoms with Gasteiger partial charge < -0.3 is 0 Å². The van der Waals surface area contributed by atoms with Crippen LogP contribution >= 0.6 is 0 Å². The molecule has 0 spiro atoms. The molecule has 4 nitrogen and oxygen atoms in total. The van der Waals surface area contributed by atoms with Crippen LogP contribution in [-0.2, 0) is 11.3 Å². The molecule has 2 aromatic carbocycles. The molecule has 1 heterocycles. The molecule has 0 aliphatic carbocycles. The van der Waals surface area contributed by atoms with Crippen molar-refractivity contribution in [1.82, 2.24) is 10.2 Å². The van der Waals surface area contributed by atoms with Gasteiger partial charge in [0.15, 0.2) is 0 Å². The van der Waals surface area contributed by atoms with E-state index < -0.39 is 48.7 Å². The first-order chi connectivity index (χ1) is 14.0. The molecule has 30 heavy (non-hydrogen) atoms. The average molecular weight is 430 g/mol. The minimum Gasteiger partial charge on any atom is -0.292 e. The van der Waals surface area contributed by atoms with Gasteiger partial charge in [0.2, 0.25) is 11.3 Å². The van der Waals surface area contributed by atoms with Crippen LogP contribution in [0.1, 0.15) is 22.3 Å². The predicted octanol–water partition coefficient (Wildman–Crippen LogP) is 4.29. The number of alkyl halides is 6. The van der Waals surface area contributed by atoms with Crippen LogP contribution in [0.5, 0.6) is 0 Å². The zero-order valence-corrected chi connectivity index (χ0v) is 15.3. The first-order valence-electron chi connectivity index (χ1n) is 8.81. The van der Waals surface area contributed by atoms with Gasteiger partial charge in [-0.05, 0) is 17.7 Å². The molecule has 1 unspecified atom stereocenters. The van der Waals surface area contributed by atoms with E-state index in [4.69, 9.17) is 0 Å². The number of imide groups is 1. The quantitative estimate of drug-likeness (QED) is 0.582. The van der Waals surface area contributed by atoms with Crippen LogP contribution in [0.25, 0.3) is 0 Å². The van der Waals surface area contributed by atoms with Crippen molar-refractivity contribution < 1.29 is 35.9 Å². The number of carbonyl (C=O) groups excluding carboxylic acids is 2. The maximum Gasteiger partial charge on any atom is 0.407 e. The van der Waals surface area contributed by atoms with Crippen LogP contribution in [0, 0.1) is 5.41 Å². The highest BCUT2D eigenvalue weighted by atomic mass is 19.4. The summed E-state index contributed by atoms with van der Waals surface area (Å²) in [6.45, 7) is -0.411. The second-order valence-electron chi connectivity index (χ2n) is 6.85. The Labute approximate surface area is 167 Å². The van der Waals surface area contributed by atoms with Crippen molar-refractivity contribution in [2.75, 3.05) is 0 Å². The Bertz CT molecular complexity index is 898. The maximum absolute atomic E-state index is 13.9. The highest BCUT2D eigenvalue weighted by Gasteiger charge is 2.79. The van der Waals surface area contributed by atoms with E-state index in [0.717, 1.165) is 0 Å². The predicted molar refractivity (Wildman–Crippen MR) is 93.8 cm³/mol. The van der Waals surface area contributed by atoms with Gasteiger partial charge in [-0.3, -0.25) is 19.8 Å². The van der Waals surface area contributed by atoms with E-state index in [-0.39, 0.29) is 10.5 Å². The number of nitrogens with one attached hydrogen (secondary N) is 1. The number of rotatable bonds is 4. The highest BCUT2D eigenvalue weighted by molar-refractivity contribution is 6.06. The van der Waals surface area contributed by atoms with Crippen molar-refractivity contribution in [3.8, 4) is 0 Å². The Morgan fingerprint density at radius 2 is 1.43 bits per heavy atom. The molecule has 1 saturated heterocycles. The second-order valence-corrected chi connectivity index (χ2v) is 6.85. The molecular weight excluding hydrogens is 414 g/mol. The zero-order valence-electron chi connectivity index (χ0n) is 15.3. The summed E-state index contributed by atoms with van der Waals surface area (Å²) in [5, 5.41) is 2.18. The molecule has 0 radical (unpaired) electrons. The number of likely N-dealkylation sites (tertiary alicyclic amines) is 1. The Kier molecular flexibility index (Phi) is 5.64. The lowest BCUT2D eigenvalue weighted by atomic mass is 9.82. The van der Waals surface area contributed by atoms with E-state index in [1.165, 1.54) is 42.5 Å². The molecule has 1 fully saturated rings. The third kappa shape index (κ3) is 3.67. The molecule has 1 atom stereocenters. The van der Waals surface area contributed by atoms with E-state index in [2.05, 4.69) is 5.32 Å². The lowest BCUT2D eigenvalue weighted by molar-refractivity contribution is -0.348.